The fourth-order valence-corrected chi connectivity index (χ4v) is 2.63. The Labute approximate surface area is 105 Å². The van der Waals surface area contributed by atoms with Crippen molar-refractivity contribution in [2.75, 3.05) is 19.6 Å². The molecule has 1 aliphatic heterocycles. The third-order valence-electron chi connectivity index (χ3n) is 4.04. The number of hydrogen-bond acceptors (Lipinski definition) is 3. The average molecular weight is 241 g/mol. The molecule has 4 heteroatoms. The largest absolute Gasteiger partial charge is 0.409 e. The molecule has 0 saturated carbocycles. The molecule has 17 heavy (non-hydrogen) atoms. The Balaban J connectivity index is 2.40. The first-order valence-electron chi connectivity index (χ1n) is 6.72. The van der Waals surface area contributed by atoms with Gasteiger partial charge in [-0.15, -0.1) is 0 Å². The number of hydrogen-bond donors (Lipinski definition) is 2. The van der Waals surface area contributed by atoms with E-state index in [0.717, 1.165) is 31.8 Å². The Morgan fingerprint density at radius 2 is 2.06 bits per heavy atom. The van der Waals surface area contributed by atoms with E-state index < -0.39 is 0 Å². The normalized spacial score (nSPS) is 23.6. The number of rotatable bonds is 5. The van der Waals surface area contributed by atoms with E-state index in [1.165, 1.54) is 19.4 Å². The summed E-state index contributed by atoms with van der Waals surface area (Å²) in [5, 5.41) is 12.0. The molecule has 1 unspecified atom stereocenters. The first-order chi connectivity index (χ1) is 8.01. The number of amidine groups is 1. The van der Waals surface area contributed by atoms with Crippen LogP contribution in [0.2, 0.25) is 0 Å². The maximum atomic E-state index is 8.78. The highest BCUT2D eigenvalue weighted by Crippen LogP contribution is 2.31. The quantitative estimate of drug-likeness (QED) is 0.336. The van der Waals surface area contributed by atoms with Gasteiger partial charge in [0, 0.05) is 12.0 Å². The Morgan fingerprint density at radius 1 is 1.47 bits per heavy atom. The van der Waals surface area contributed by atoms with Crippen LogP contribution in [0.3, 0.4) is 0 Å². The zero-order valence-corrected chi connectivity index (χ0v) is 11.4. The second-order valence-corrected chi connectivity index (χ2v) is 5.74. The van der Waals surface area contributed by atoms with E-state index in [1.807, 2.05) is 0 Å². The molecular formula is C13H27N3O. The minimum atomic E-state index is -0.112. The molecule has 1 atom stereocenters. The second-order valence-electron chi connectivity index (χ2n) is 5.74. The molecule has 0 bridgehead atoms. The monoisotopic (exact) mass is 241 g/mol. The number of likely N-dealkylation sites (tertiary alicyclic amines) is 1. The first-order valence-corrected chi connectivity index (χ1v) is 6.72. The van der Waals surface area contributed by atoms with Crippen molar-refractivity contribution in [3.63, 3.8) is 0 Å². The maximum absolute atomic E-state index is 8.78. The van der Waals surface area contributed by atoms with Crippen LogP contribution in [0.25, 0.3) is 0 Å². The molecule has 1 fully saturated rings. The number of piperidine rings is 1. The molecule has 1 saturated heterocycles. The summed E-state index contributed by atoms with van der Waals surface area (Å²) in [5.74, 6) is 1.16. The van der Waals surface area contributed by atoms with Crippen LogP contribution < -0.4 is 5.73 Å². The van der Waals surface area contributed by atoms with Crippen molar-refractivity contribution in [3.05, 3.63) is 0 Å². The van der Waals surface area contributed by atoms with E-state index in [9.17, 15) is 0 Å². The third kappa shape index (κ3) is 3.87. The van der Waals surface area contributed by atoms with Crippen molar-refractivity contribution in [2.24, 2.45) is 22.2 Å². The average Bonchev–Trinajstić information content (AvgIpc) is 2.31. The van der Waals surface area contributed by atoms with Crippen molar-refractivity contribution in [3.8, 4) is 0 Å². The highest BCUT2D eigenvalue weighted by Gasteiger charge is 2.34. The second kappa shape index (κ2) is 6.24. The molecular weight excluding hydrogens is 214 g/mol. The van der Waals surface area contributed by atoms with Gasteiger partial charge in [0.2, 0.25) is 0 Å². The van der Waals surface area contributed by atoms with Gasteiger partial charge < -0.3 is 15.8 Å². The summed E-state index contributed by atoms with van der Waals surface area (Å²) >= 11 is 0. The van der Waals surface area contributed by atoms with Gasteiger partial charge in [-0.25, -0.2) is 0 Å². The summed E-state index contributed by atoms with van der Waals surface area (Å²) in [6.07, 6.45) is 4.54. The van der Waals surface area contributed by atoms with Gasteiger partial charge in [0.1, 0.15) is 5.84 Å². The van der Waals surface area contributed by atoms with Crippen molar-refractivity contribution in [2.45, 2.75) is 46.5 Å². The Morgan fingerprint density at radius 3 is 2.53 bits per heavy atom. The van der Waals surface area contributed by atoms with E-state index in [4.69, 9.17) is 10.9 Å². The predicted molar refractivity (Wildman–Crippen MR) is 71.3 cm³/mol. The standard InChI is InChI=1S/C13H27N3O/c1-4-5-11(2)10-16-8-6-13(3,7-9-16)12(14)15-17/h11,17H,4-10H2,1-3H3,(H2,14,15). The molecule has 3 N–H and O–H groups in total. The molecule has 0 aromatic carbocycles. The van der Waals surface area contributed by atoms with E-state index >= 15 is 0 Å². The molecule has 0 aliphatic carbocycles. The topological polar surface area (TPSA) is 61.8 Å². The van der Waals surface area contributed by atoms with Gasteiger partial charge in [-0.05, 0) is 38.3 Å². The van der Waals surface area contributed by atoms with Gasteiger partial charge in [-0.2, -0.15) is 0 Å². The lowest BCUT2D eigenvalue weighted by molar-refractivity contribution is 0.140. The van der Waals surface area contributed by atoms with Crippen LogP contribution >= 0.6 is 0 Å². The predicted octanol–water partition coefficient (Wildman–Crippen LogP) is 2.27. The summed E-state index contributed by atoms with van der Waals surface area (Å²) in [6.45, 7) is 9.94. The molecule has 1 rings (SSSR count). The molecule has 1 aliphatic rings. The Kier molecular flexibility index (Phi) is 5.25. The molecule has 4 nitrogen and oxygen atoms in total. The number of oxime groups is 1. The summed E-state index contributed by atoms with van der Waals surface area (Å²) < 4.78 is 0. The number of nitrogens with zero attached hydrogens (tertiary/aromatic N) is 2. The minimum absolute atomic E-state index is 0.112. The van der Waals surface area contributed by atoms with Crippen LogP contribution in [-0.4, -0.2) is 35.6 Å². The van der Waals surface area contributed by atoms with Crippen LogP contribution in [0.4, 0.5) is 0 Å². The summed E-state index contributed by atoms with van der Waals surface area (Å²) in [4.78, 5) is 2.51. The van der Waals surface area contributed by atoms with Crippen molar-refractivity contribution < 1.29 is 5.21 Å². The molecule has 0 spiro atoms. The molecule has 0 radical (unpaired) electrons. The van der Waals surface area contributed by atoms with Crippen LogP contribution in [0.15, 0.2) is 5.16 Å². The van der Waals surface area contributed by atoms with Crippen LogP contribution in [0.5, 0.6) is 0 Å². The fraction of sp³-hybridized carbons (Fsp3) is 0.923. The van der Waals surface area contributed by atoms with Gasteiger partial charge >= 0.3 is 0 Å². The van der Waals surface area contributed by atoms with Crippen LogP contribution in [0.1, 0.15) is 46.5 Å². The van der Waals surface area contributed by atoms with E-state index in [-0.39, 0.29) is 5.41 Å². The van der Waals surface area contributed by atoms with Gasteiger partial charge in [-0.1, -0.05) is 32.3 Å². The lowest BCUT2D eigenvalue weighted by Gasteiger charge is -2.39. The lowest BCUT2D eigenvalue weighted by atomic mass is 9.79. The van der Waals surface area contributed by atoms with Gasteiger partial charge in [0.15, 0.2) is 0 Å². The molecule has 1 heterocycles. The zero-order valence-electron chi connectivity index (χ0n) is 11.4. The minimum Gasteiger partial charge on any atom is -0.409 e. The van der Waals surface area contributed by atoms with E-state index in [1.54, 1.807) is 0 Å². The zero-order chi connectivity index (χ0) is 12.9. The van der Waals surface area contributed by atoms with Crippen LogP contribution in [0, 0.1) is 11.3 Å². The van der Waals surface area contributed by atoms with Gasteiger partial charge in [-0.3, -0.25) is 0 Å². The summed E-state index contributed by atoms with van der Waals surface area (Å²) in [5.41, 5.74) is 5.65. The smallest absolute Gasteiger partial charge is 0.145 e. The lowest BCUT2D eigenvalue weighted by Crippen LogP contribution is -2.46. The van der Waals surface area contributed by atoms with Crippen molar-refractivity contribution in [1.29, 1.82) is 0 Å². The molecule has 0 amide bonds. The van der Waals surface area contributed by atoms with E-state index in [2.05, 4.69) is 30.8 Å². The van der Waals surface area contributed by atoms with Crippen molar-refractivity contribution >= 4 is 5.84 Å². The van der Waals surface area contributed by atoms with E-state index in [0.29, 0.717) is 5.84 Å². The summed E-state index contributed by atoms with van der Waals surface area (Å²) in [7, 11) is 0. The molecule has 0 aromatic heterocycles. The highest BCUT2D eigenvalue weighted by molar-refractivity contribution is 5.85. The molecule has 0 aromatic rings. The fourth-order valence-electron chi connectivity index (χ4n) is 2.63. The van der Waals surface area contributed by atoms with Crippen LogP contribution in [-0.2, 0) is 0 Å². The third-order valence-corrected chi connectivity index (χ3v) is 4.04. The maximum Gasteiger partial charge on any atom is 0.145 e. The number of nitrogens with two attached hydrogens (primary N) is 1. The highest BCUT2D eigenvalue weighted by atomic mass is 16.4. The Bertz CT molecular complexity index is 257. The van der Waals surface area contributed by atoms with Gasteiger partial charge in [0.05, 0.1) is 0 Å². The summed E-state index contributed by atoms with van der Waals surface area (Å²) in [6, 6.07) is 0. The van der Waals surface area contributed by atoms with Crippen molar-refractivity contribution in [1.82, 2.24) is 4.90 Å². The molecule has 100 valence electrons. The van der Waals surface area contributed by atoms with Gasteiger partial charge in [0.25, 0.3) is 0 Å². The SMILES string of the molecule is CCCC(C)CN1CCC(C)(C(N)=NO)CC1. The first kappa shape index (κ1) is 14.3. The Hall–Kier alpha value is -0.770.